The lowest BCUT2D eigenvalue weighted by molar-refractivity contribution is -0.122. The second kappa shape index (κ2) is 18.6. The number of unbranched alkanes of at least 4 members (excludes halogenated alkanes) is 3. The van der Waals surface area contributed by atoms with E-state index in [2.05, 4.69) is 70.7 Å². The second-order valence-electron chi connectivity index (χ2n) is 13.7. The zero-order valence-corrected chi connectivity index (χ0v) is 29.5. The molecule has 262 valence electrons. The average Bonchev–Trinajstić information content (AvgIpc) is 3.40. The molecular weight excluding hydrogens is 619 g/mol. The molecule has 0 saturated carbocycles. The van der Waals surface area contributed by atoms with Gasteiger partial charge in [0.2, 0.25) is 5.91 Å². The van der Waals surface area contributed by atoms with Crippen molar-refractivity contribution in [2.75, 3.05) is 20.1 Å². The molecule has 4 rings (SSSR count). The van der Waals surface area contributed by atoms with Crippen molar-refractivity contribution in [3.8, 4) is 0 Å². The number of hydrogen-bond donors (Lipinski definition) is 3. The van der Waals surface area contributed by atoms with E-state index in [0.29, 0.717) is 36.6 Å². The van der Waals surface area contributed by atoms with E-state index >= 15 is 0 Å². The monoisotopic (exact) mass is 670 g/mol. The van der Waals surface area contributed by atoms with E-state index < -0.39 is 24.6 Å². The number of nitrogens with zero attached hydrogens (tertiary/aromatic N) is 3. The van der Waals surface area contributed by atoms with E-state index in [0.717, 1.165) is 44.1 Å². The Morgan fingerprint density at radius 2 is 1.92 bits per heavy atom. The molecule has 1 aliphatic heterocycles. The van der Waals surface area contributed by atoms with E-state index in [-0.39, 0.29) is 23.5 Å². The number of hydrogen-bond acceptors (Lipinski definition) is 9. The minimum Gasteiger partial charge on any atom is -0.410 e. The maximum atomic E-state index is 13.9. The fourth-order valence-corrected chi connectivity index (χ4v) is 6.04. The first-order chi connectivity index (χ1) is 23.5. The summed E-state index contributed by atoms with van der Waals surface area (Å²) in [6.45, 7) is 9.68. The number of allylic oxidation sites excluding steroid dienone is 4. The Labute approximate surface area is 291 Å². The zero-order valence-electron chi connectivity index (χ0n) is 29.5. The highest BCUT2D eigenvalue weighted by Gasteiger charge is 2.45. The predicted octanol–water partition coefficient (Wildman–Crippen LogP) is 5.20. The van der Waals surface area contributed by atoms with Crippen molar-refractivity contribution in [1.82, 2.24) is 30.9 Å². The van der Waals surface area contributed by atoms with E-state index in [9.17, 15) is 14.4 Å². The molecule has 2 aliphatic rings. The number of amides is 2. The fourth-order valence-electron chi connectivity index (χ4n) is 6.04. The number of nitrogens with one attached hydrogen (secondary N) is 3. The van der Waals surface area contributed by atoms with Gasteiger partial charge in [-0.2, -0.15) is 5.48 Å². The lowest BCUT2D eigenvalue weighted by atomic mass is 9.75. The summed E-state index contributed by atoms with van der Waals surface area (Å²) >= 11 is 0. The van der Waals surface area contributed by atoms with E-state index in [1.54, 1.807) is 24.3 Å². The normalized spacial score (nSPS) is 20.2. The first-order valence-corrected chi connectivity index (χ1v) is 17.4. The van der Waals surface area contributed by atoms with Crippen LogP contribution in [0.25, 0.3) is 0 Å². The van der Waals surface area contributed by atoms with Gasteiger partial charge in [-0.1, -0.05) is 82.5 Å². The van der Waals surface area contributed by atoms with Crippen molar-refractivity contribution in [3.05, 3.63) is 95.7 Å². The number of benzene rings is 1. The summed E-state index contributed by atoms with van der Waals surface area (Å²) in [4.78, 5) is 54.4. The highest BCUT2D eigenvalue weighted by Crippen LogP contribution is 2.31. The first kappa shape index (κ1) is 37.7. The SMILES string of the molecule is CC(C)/C=C(/NC(=O)C(CC1=CCC(C)C=C1)NC(=O)c1cnccn1)B1OC(C)(CCCCCCNOC(=O)c2ccccc2)CN1C. The Bertz CT molecular complexity index is 1480. The smallest absolute Gasteiger partial charge is 0.410 e. The minimum atomic E-state index is -0.830. The lowest BCUT2D eigenvalue weighted by Crippen LogP contribution is -2.50. The predicted molar refractivity (Wildman–Crippen MR) is 191 cm³/mol. The fraction of sp³-hybridized carbons (Fsp3) is 0.486. The number of rotatable bonds is 17. The van der Waals surface area contributed by atoms with E-state index in [4.69, 9.17) is 9.49 Å². The summed E-state index contributed by atoms with van der Waals surface area (Å²) in [7, 11) is 1.57. The van der Waals surface area contributed by atoms with Crippen molar-refractivity contribution < 1.29 is 23.9 Å². The molecule has 3 atom stereocenters. The van der Waals surface area contributed by atoms with Gasteiger partial charge in [-0.25, -0.2) is 9.78 Å². The third kappa shape index (κ3) is 12.1. The largest absolute Gasteiger partial charge is 0.435 e. The standard InChI is InChI=1S/C37H51BN6O5/c1-27(2)23-33(43-34(45)31(24-29-17-15-28(3)16-18-29)42-35(46)32-25-39-21-22-40-32)38-44(5)26-37(4,49-38)19-11-6-7-12-20-41-48-36(47)30-13-9-8-10-14-30/h8-10,13-15,17-18,21-23,25,27-28,31,41H,6-7,11-12,16,19-20,24,26H2,1-5H3,(H,42,46)(H,43,45)/b33-23+. The number of carbonyl (C=O) groups is 3. The third-order valence-electron chi connectivity index (χ3n) is 8.58. The Morgan fingerprint density at radius 3 is 2.61 bits per heavy atom. The number of likely N-dealkylation sites (N-methyl/N-ethyl adjacent to an activating group) is 1. The molecule has 0 spiro atoms. The molecule has 2 aromatic rings. The Morgan fingerprint density at radius 1 is 1.14 bits per heavy atom. The lowest BCUT2D eigenvalue weighted by Gasteiger charge is -2.26. The molecule has 1 aromatic heterocycles. The van der Waals surface area contributed by atoms with Gasteiger partial charge >= 0.3 is 13.0 Å². The topological polar surface area (TPSA) is 135 Å². The van der Waals surface area contributed by atoms with Crippen LogP contribution in [0.3, 0.4) is 0 Å². The van der Waals surface area contributed by atoms with Crippen molar-refractivity contribution in [2.24, 2.45) is 11.8 Å². The van der Waals surface area contributed by atoms with Crippen LogP contribution in [0.15, 0.2) is 84.4 Å². The van der Waals surface area contributed by atoms with Crippen LogP contribution in [-0.2, 0) is 14.3 Å². The summed E-state index contributed by atoms with van der Waals surface area (Å²) < 4.78 is 6.68. The molecule has 1 aromatic carbocycles. The number of hydroxylamine groups is 1. The second-order valence-corrected chi connectivity index (χ2v) is 13.7. The van der Waals surface area contributed by atoms with E-state index in [1.165, 1.54) is 18.6 Å². The minimum absolute atomic E-state index is 0.150. The van der Waals surface area contributed by atoms with Gasteiger partial charge in [0.1, 0.15) is 11.7 Å². The molecule has 0 bridgehead atoms. The van der Waals surface area contributed by atoms with Crippen molar-refractivity contribution in [2.45, 2.75) is 84.3 Å². The molecule has 1 fully saturated rings. The molecule has 11 nitrogen and oxygen atoms in total. The number of aromatic nitrogens is 2. The van der Waals surface area contributed by atoms with Crippen LogP contribution in [0.5, 0.6) is 0 Å². The van der Waals surface area contributed by atoms with Gasteiger partial charge in [0.15, 0.2) is 0 Å². The van der Waals surface area contributed by atoms with Gasteiger partial charge in [-0.3, -0.25) is 14.6 Å². The summed E-state index contributed by atoms with van der Waals surface area (Å²) in [5.41, 5.74) is 4.72. The van der Waals surface area contributed by atoms with Gasteiger partial charge in [0, 0.05) is 37.5 Å². The average molecular weight is 671 g/mol. The van der Waals surface area contributed by atoms with Crippen LogP contribution in [0.4, 0.5) is 0 Å². The molecule has 2 heterocycles. The van der Waals surface area contributed by atoms with Gasteiger partial charge < -0.3 is 24.9 Å². The van der Waals surface area contributed by atoms with Crippen LogP contribution in [-0.4, -0.2) is 71.4 Å². The van der Waals surface area contributed by atoms with Crippen molar-refractivity contribution in [3.63, 3.8) is 0 Å². The summed E-state index contributed by atoms with van der Waals surface area (Å²) in [6.07, 6.45) is 18.6. The molecule has 0 radical (unpaired) electrons. The Hall–Kier alpha value is -4.13. The number of carbonyl (C=O) groups excluding carboxylic acids is 3. The molecule has 3 unspecified atom stereocenters. The molecule has 12 heteroatoms. The maximum Gasteiger partial charge on any atom is 0.435 e. The highest BCUT2D eigenvalue weighted by atomic mass is 16.7. The van der Waals surface area contributed by atoms with Gasteiger partial charge in [0.25, 0.3) is 5.91 Å². The molecule has 1 saturated heterocycles. The molecule has 2 amide bonds. The molecular formula is C37H51BN6O5. The van der Waals surface area contributed by atoms with E-state index in [1.807, 2.05) is 25.3 Å². The van der Waals surface area contributed by atoms with Crippen LogP contribution in [0.2, 0.25) is 0 Å². The quantitative estimate of drug-likeness (QED) is 0.118. The summed E-state index contributed by atoms with van der Waals surface area (Å²) in [6, 6.07) is 8.08. The molecule has 49 heavy (non-hydrogen) atoms. The zero-order chi connectivity index (χ0) is 35.2. The maximum absolute atomic E-state index is 13.9. The van der Waals surface area contributed by atoms with Crippen LogP contribution < -0.4 is 16.1 Å². The summed E-state index contributed by atoms with van der Waals surface area (Å²) in [5, 5.41) is 6.03. The third-order valence-corrected chi connectivity index (χ3v) is 8.58. The van der Waals surface area contributed by atoms with Gasteiger partial charge in [-0.15, -0.1) is 0 Å². The Balaban J connectivity index is 1.30. The van der Waals surface area contributed by atoms with Crippen molar-refractivity contribution >= 4 is 24.8 Å². The molecule has 3 N–H and O–H groups in total. The van der Waals surface area contributed by atoms with Crippen LogP contribution in [0, 0.1) is 11.8 Å². The summed E-state index contributed by atoms with van der Waals surface area (Å²) in [5.74, 6) is -0.571. The van der Waals surface area contributed by atoms with Crippen LogP contribution >= 0.6 is 0 Å². The first-order valence-electron chi connectivity index (χ1n) is 17.4. The Kier molecular flexibility index (Phi) is 14.3. The highest BCUT2D eigenvalue weighted by molar-refractivity contribution is 6.58. The van der Waals surface area contributed by atoms with Crippen molar-refractivity contribution in [1.29, 1.82) is 0 Å². The van der Waals surface area contributed by atoms with Gasteiger partial charge in [-0.05, 0) is 62.8 Å². The van der Waals surface area contributed by atoms with Gasteiger partial charge in [0.05, 0.1) is 17.4 Å². The molecule has 1 aliphatic carbocycles. The van der Waals surface area contributed by atoms with Crippen LogP contribution in [0.1, 0.15) is 93.5 Å².